The molecule has 6 nitrogen and oxygen atoms in total. The minimum atomic E-state index is -2.22. The Bertz CT molecular complexity index is 1110. The first kappa shape index (κ1) is 36.4. The van der Waals surface area contributed by atoms with Crippen LogP contribution in [0.2, 0.25) is 0 Å². The predicted octanol–water partition coefficient (Wildman–Crippen LogP) is 10.4. The maximum atomic E-state index is 15.7. The van der Waals surface area contributed by atoms with Crippen LogP contribution in [0.4, 0.5) is 4.39 Å². The van der Waals surface area contributed by atoms with Gasteiger partial charge in [-0.3, -0.25) is 0 Å². The van der Waals surface area contributed by atoms with Crippen molar-refractivity contribution in [3.8, 4) is 17.2 Å². The van der Waals surface area contributed by atoms with E-state index in [0.717, 1.165) is 31.4 Å². The molecule has 2 atom stereocenters. The van der Waals surface area contributed by atoms with Gasteiger partial charge in [0.05, 0.1) is 18.8 Å². The van der Waals surface area contributed by atoms with Crippen LogP contribution in [0.5, 0.6) is 17.2 Å². The number of benzene rings is 2. The Morgan fingerprint density at radius 3 is 1.89 bits per heavy atom. The van der Waals surface area contributed by atoms with Crippen molar-refractivity contribution in [2.45, 2.75) is 129 Å². The van der Waals surface area contributed by atoms with E-state index in [0.29, 0.717) is 42.9 Å². The Labute approximate surface area is 270 Å². The molecule has 1 N–H and O–H groups in total. The van der Waals surface area contributed by atoms with Crippen molar-refractivity contribution in [2.24, 2.45) is 11.8 Å². The van der Waals surface area contributed by atoms with Crippen LogP contribution in [0.3, 0.4) is 0 Å². The van der Waals surface area contributed by atoms with Crippen LogP contribution in [-0.4, -0.2) is 35.9 Å². The number of hydrogen-bond donors (Lipinski definition) is 1. The fraction of sp³-hybridized carbons (Fsp3) is 0.632. The first-order chi connectivity index (χ1) is 21.9. The van der Waals surface area contributed by atoms with Gasteiger partial charge in [-0.2, -0.15) is 0 Å². The van der Waals surface area contributed by atoms with Gasteiger partial charge >= 0.3 is 11.9 Å². The molecule has 0 aliphatic heterocycles. The summed E-state index contributed by atoms with van der Waals surface area (Å²) in [4.78, 5) is 24.6. The molecule has 0 saturated heterocycles. The topological polar surface area (TPSA) is 82.1 Å². The van der Waals surface area contributed by atoms with E-state index in [2.05, 4.69) is 6.92 Å². The van der Waals surface area contributed by atoms with Gasteiger partial charge in [0.25, 0.3) is 0 Å². The molecule has 0 amide bonds. The lowest BCUT2D eigenvalue weighted by atomic mass is 9.74. The maximum Gasteiger partial charge on any atom is 0.343 e. The van der Waals surface area contributed by atoms with E-state index in [-0.39, 0.29) is 18.9 Å². The van der Waals surface area contributed by atoms with Crippen LogP contribution in [0.1, 0.15) is 133 Å². The third-order valence-electron chi connectivity index (χ3n) is 9.15. The second kappa shape index (κ2) is 20.1. The molecule has 1 unspecified atom stereocenters. The highest BCUT2D eigenvalue weighted by atomic mass is 19.1. The standard InChI is InChI=1S/C38H55FO6/c1-3-5-6-7-8-9-10-11-12-16-27-43-33-21-19-31(20-22-33)36(40)45-35-25-23-34(24-26-35)44-29-30(4-2)28-38(39,37(41)42)32-17-14-13-15-18-32/h19-26,30,32H,3-18,27-29H2,1-2H3,(H,41,42)/t30?,38-/m0/s1. The molecule has 1 aliphatic carbocycles. The number of ether oxygens (including phenoxy) is 3. The summed E-state index contributed by atoms with van der Waals surface area (Å²) < 4.78 is 33.0. The van der Waals surface area contributed by atoms with Crippen LogP contribution in [0, 0.1) is 11.8 Å². The van der Waals surface area contributed by atoms with Crippen LogP contribution >= 0.6 is 0 Å². The average molecular weight is 627 g/mol. The van der Waals surface area contributed by atoms with E-state index >= 15 is 4.39 Å². The largest absolute Gasteiger partial charge is 0.494 e. The number of unbranched alkanes of at least 4 members (excludes halogenated alkanes) is 9. The van der Waals surface area contributed by atoms with E-state index in [4.69, 9.17) is 14.2 Å². The molecule has 1 saturated carbocycles. The number of hydrogen-bond acceptors (Lipinski definition) is 5. The van der Waals surface area contributed by atoms with Crippen molar-refractivity contribution in [3.05, 3.63) is 54.1 Å². The normalized spacial score (nSPS) is 15.6. The van der Waals surface area contributed by atoms with Gasteiger partial charge in [0.2, 0.25) is 5.67 Å². The fourth-order valence-corrected chi connectivity index (χ4v) is 6.18. The Kier molecular flexibility index (Phi) is 16.3. The molecule has 3 rings (SSSR count). The highest BCUT2D eigenvalue weighted by Gasteiger charge is 2.47. The van der Waals surface area contributed by atoms with Gasteiger partial charge < -0.3 is 19.3 Å². The number of carboxylic acids is 1. The minimum absolute atomic E-state index is 0.0532. The monoisotopic (exact) mass is 626 g/mol. The summed E-state index contributed by atoms with van der Waals surface area (Å²) in [6.45, 7) is 5.06. The molecule has 7 heteroatoms. The van der Waals surface area contributed by atoms with E-state index in [1.165, 1.54) is 57.8 Å². The smallest absolute Gasteiger partial charge is 0.343 e. The molecular weight excluding hydrogens is 571 g/mol. The zero-order valence-electron chi connectivity index (χ0n) is 27.6. The average Bonchev–Trinajstić information content (AvgIpc) is 3.06. The van der Waals surface area contributed by atoms with Gasteiger partial charge in [0.15, 0.2) is 0 Å². The number of aliphatic carboxylic acids is 1. The number of carbonyl (C=O) groups excluding carboxylic acids is 1. The van der Waals surface area contributed by atoms with Crippen LogP contribution in [-0.2, 0) is 4.79 Å². The van der Waals surface area contributed by atoms with E-state index in [1.807, 2.05) is 6.92 Å². The molecule has 45 heavy (non-hydrogen) atoms. The molecule has 2 aromatic rings. The van der Waals surface area contributed by atoms with Crippen LogP contribution in [0.25, 0.3) is 0 Å². The number of esters is 1. The van der Waals surface area contributed by atoms with Crippen LogP contribution in [0.15, 0.2) is 48.5 Å². The number of rotatable bonds is 22. The number of carboxylic acid groups (broad SMARTS) is 1. The van der Waals surface area contributed by atoms with E-state index in [1.54, 1.807) is 48.5 Å². The minimum Gasteiger partial charge on any atom is -0.494 e. The molecule has 2 aromatic carbocycles. The SMILES string of the molecule is CCCCCCCCCCCCOc1ccc(C(=O)Oc2ccc(OCC(CC)C[C@@](F)(C(=O)O)C3CCCCC3)cc2)cc1. The van der Waals surface area contributed by atoms with Gasteiger partial charge in [0, 0.05) is 5.92 Å². The Morgan fingerprint density at radius 1 is 0.778 bits per heavy atom. The van der Waals surface area contributed by atoms with Crippen molar-refractivity contribution < 1.29 is 33.3 Å². The second-order valence-corrected chi connectivity index (χ2v) is 12.7. The molecule has 0 heterocycles. The summed E-state index contributed by atoms with van der Waals surface area (Å²) >= 11 is 0. The lowest BCUT2D eigenvalue weighted by molar-refractivity contribution is -0.158. The molecular formula is C38H55FO6. The molecule has 0 spiro atoms. The number of halogens is 1. The lowest BCUT2D eigenvalue weighted by Gasteiger charge is -2.35. The summed E-state index contributed by atoms with van der Waals surface area (Å²) in [6, 6.07) is 13.7. The van der Waals surface area contributed by atoms with Crippen LogP contribution < -0.4 is 14.2 Å². The summed E-state index contributed by atoms with van der Waals surface area (Å²) in [5.41, 5.74) is -1.79. The highest BCUT2D eigenvalue weighted by molar-refractivity contribution is 5.91. The zero-order valence-corrected chi connectivity index (χ0v) is 27.6. The molecule has 250 valence electrons. The van der Waals surface area contributed by atoms with E-state index in [9.17, 15) is 14.7 Å². The summed E-state index contributed by atoms with van der Waals surface area (Å²) in [5.74, 6) is -0.822. The van der Waals surface area contributed by atoms with Crippen molar-refractivity contribution in [1.29, 1.82) is 0 Å². The summed E-state index contributed by atoms with van der Waals surface area (Å²) in [6.07, 6.45) is 17.4. The van der Waals surface area contributed by atoms with E-state index < -0.39 is 23.5 Å². The van der Waals surface area contributed by atoms with Gasteiger partial charge in [0.1, 0.15) is 17.2 Å². The highest BCUT2D eigenvalue weighted by Crippen LogP contribution is 2.40. The molecule has 1 fully saturated rings. The van der Waals surface area contributed by atoms with Crippen molar-refractivity contribution in [3.63, 3.8) is 0 Å². The lowest BCUT2D eigenvalue weighted by Crippen LogP contribution is -2.44. The predicted molar refractivity (Wildman–Crippen MR) is 177 cm³/mol. The molecule has 1 aliphatic rings. The summed E-state index contributed by atoms with van der Waals surface area (Å²) in [5, 5.41) is 9.75. The Balaban J connectivity index is 1.36. The van der Waals surface area contributed by atoms with Gasteiger partial charge in [-0.25, -0.2) is 14.0 Å². The fourth-order valence-electron chi connectivity index (χ4n) is 6.18. The zero-order chi connectivity index (χ0) is 32.3. The number of alkyl halides is 1. The van der Waals surface area contributed by atoms with Crippen molar-refractivity contribution >= 4 is 11.9 Å². The molecule has 0 aromatic heterocycles. The molecule has 0 radical (unpaired) electrons. The third-order valence-corrected chi connectivity index (χ3v) is 9.15. The molecule has 0 bridgehead atoms. The second-order valence-electron chi connectivity index (χ2n) is 12.7. The Morgan fingerprint density at radius 2 is 1.31 bits per heavy atom. The Hall–Kier alpha value is -3.09. The number of carbonyl (C=O) groups is 2. The van der Waals surface area contributed by atoms with Gasteiger partial charge in [-0.05, 0) is 86.6 Å². The summed E-state index contributed by atoms with van der Waals surface area (Å²) in [7, 11) is 0. The van der Waals surface area contributed by atoms with Gasteiger partial charge in [-0.15, -0.1) is 0 Å². The quantitative estimate of drug-likeness (QED) is 0.0795. The van der Waals surface area contributed by atoms with Crippen molar-refractivity contribution in [1.82, 2.24) is 0 Å². The first-order valence-corrected chi connectivity index (χ1v) is 17.5. The third kappa shape index (κ3) is 12.7. The van der Waals surface area contributed by atoms with Gasteiger partial charge in [-0.1, -0.05) is 90.9 Å². The first-order valence-electron chi connectivity index (χ1n) is 17.5. The maximum absolute atomic E-state index is 15.7. The van der Waals surface area contributed by atoms with Crippen molar-refractivity contribution in [2.75, 3.05) is 13.2 Å².